The third kappa shape index (κ3) is 4.76. The molecule has 196 valence electrons. The molecule has 9 heteroatoms. The summed E-state index contributed by atoms with van der Waals surface area (Å²) >= 11 is 6.05. The molecule has 1 N–H and O–H groups in total. The van der Waals surface area contributed by atoms with E-state index in [2.05, 4.69) is 5.32 Å². The standard InChI is InChI=1S/C29H25ClF3N3O2/c1-35(2)21-13-9-18(10-14-21)27-26-23(15-19(16-25(26)37)17-7-11-20(30)12-8-17)34-22-5-3-4-6-24(22)36(27)28(38)29(31,32)33/h3-14,19,27,34H,15-16H2,1-2H3/t19-,27-/m0/s1. The average Bonchev–Trinajstić information content (AvgIpc) is 3.02. The van der Waals surface area contributed by atoms with Crippen LogP contribution >= 0.6 is 11.6 Å². The number of ketones is 1. The Kier molecular flexibility index (Phi) is 6.69. The number of para-hydroxylation sites is 2. The molecule has 0 saturated heterocycles. The molecule has 0 aromatic heterocycles. The number of carbonyl (C=O) groups is 2. The van der Waals surface area contributed by atoms with Crippen molar-refractivity contribution in [1.29, 1.82) is 0 Å². The molecule has 0 spiro atoms. The van der Waals surface area contributed by atoms with Gasteiger partial charge in [0.2, 0.25) is 0 Å². The van der Waals surface area contributed by atoms with E-state index in [4.69, 9.17) is 11.6 Å². The molecule has 0 bridgehead atoms. The van der Waals surface area contributed by atoms with Gasteiger partial charge in [-0.15, -0.1) is 0 Å². The van der Waals surface area contributed by atoms with E-state index in [1.54, 1.807) is 54.6 Å². The maximum absolute atomic E-state index is 14.0. The van der Waals surface area contributed by atoms with Gasteiger partial charge in [-0.1, -0.05) is 48.0 Å². The van der Waals surface area contributed by atoms with Gasteiger partial charge in [-0.25, -0.2) is 0 Å². The monoisotopic (exact) mass is 539 g/mol. The second-order valence-electron chi connectivity index (χ2n) is 9.68. The van der Waals surface area contributed by atoms with Gasteiger partial charge >= 0.3 is 12.1 Å². The Morgan fingerprint density at radius 3 is 2.21 bits per heavy atom. The van der Waals surface area contributed by atoms with E-state index in [9.17, 15) is 22.8 Å². The van der Waals surface area contributed by atoms with Crippen molar-refractivity contribution in [3.8, 4) is 0 Å². The predicted molar refractivity (Wildman–Crippen MR) is 143 cm³/mol. The van der Waals surface area contributed by atoms with E-state index in [0.29, 0.717) is 28.4 Å². The van der Waals surface area contributed by atoms with Crippen LogP contribution in [-0.4, -0.2) is 32.0 Å². The van der Waals surface area contributed by atoms with Crippen molar-refractivity contribution in [1.82, 2.24) is 0 Å². The maximum Gasteiger partial charge on any atom is 0.471 e. The molecule has 1 amide bonds. The number of anilines is 3. The summed E-state index contributed by atoms with van der Waals surface area (Å²) in [6, 6.07) is 19.2. The van der Waals surface area contributed by atoms with Crippen molar-refractivity contribution < 1.29 is 22.8 Å². The highest BCUT2D eigenvalue weighted by molar-refractivity contribution is 6.30. The van der Waals surface area contributed by atoms with Crippen molar-refractivity contribution in [2.45, 2.75) is 31.0 Å². The molecule has 0 radical (unpaired) electrons. The first-order valence-corrected chi connectivity index (χ1v) is 12.5. The van der Waals surface area contributed by atoms with Crippen LogP contribution in [0.25, 0.3) is 0 Å². The summed E-state index contributed by atoms with van der Waals surface area (Å²) < 4.78 is 42.1. The normalized spacial score (nSPS) is 19.3. The van der Waals surface area contributed by atoms with Gasteiger partial charge in [-0.2, -0.15) is 13.2 Å². The quantitative estimate of drug-likeness (QED) is 0.395. The van der Waals surface area contributed by atoms with Crippen LogP contribution in [-0.2, 0) is 9.59 Å². The number of hydrogen-bond acceptors (Lipinski definition) is 4. The molecule has 0 unspecified atom stereocenters. The smallest absolute Gasteiger partial charge is 0.378 e. The molecule has 3 aromatic carbocycles. The summed E-state index contributed by atoms with van der Waals surface area (Å²) in [6.07, 6.45) is -4.67. The van der Waals surface area contributed by atoms with Crippen molar-refractivity contribution in [3.05, 3.63) is 100 Å². The zero-order valence-corrected chi connectivity index (χ0v) is 21.5. The largest absolute Gasteiger partial charge is 0.471 e. The first-order chi connectivity index (χ1) is 18.0. The van der Waals surface area contributed by atoms with Gasteiger partial charge in [0.1, 0.15) is 0 Å². The van der Waals surface area contributed by atoms with Gasteiger partial charge < -0.3 is 10.2 Å². The number of halogens is 4. The third-order valence-electron chi connectivity index (χ3n) is 7.02. The summed E-state index contributed by atoms with van der Waals surface area (Å²) in [6.45, 7) is 0. The lowest BCUT2D eigenvalue weighted by Gasteiger charge is -2.35. The second kappa shape index (κ2) is 9.83. The number of allylic oxidation sites excluding steroid dienone is 1. The third-order valence-corrected chi connectivity index (χ3v) is 7.27. The van der Waals surface area contributed by atoms with Crippen molar-refractivity contribution in [3.63, 3.8) is 0 Å². The molecular formula is C29H25ClF3N3O2. The molecule has 5 rings (SSSR count). The highest BCUT2D eigenvalue weighted by Gasteiger charge is 2.49. The number of fused-ring (bicyclic) bond motifs is 1. The lowest BCUT2D eigenvalue weighted by Crippen LogP contribution is -2.45. The molecule has 0 fully saturated rings. The minimum Gasteiger partial charge on any atom is -0.378 e. The minimum absolute atomic E-state index is 0.0572. The van der Waals surface area contributed by atoms with Crippen LogP contribution in [0.3, 0.4) is 0 Å². The van der Waals surface area contributed by atoms with E-state index >= 15 is 0 Å². The topological polar surface area (TPSA) is 52.7 Å². The number of carbonyl (C=O) groups excluding carboxylic acids is 2. The number of nitrogens with zero attached hydrogens (tertiary/aromatic N) is 2. The van der Waals surface area contributed by atoms with Crippen LogP contribution in [0.15, 0.2) is 84.1 Å². The number of alkyl halides is 3. The van der Waals surface area contributed by atoms with Crippen molar-refractivity contribution in [2.75, 3.05) is 29.2 Å². The zero-order valence-electron chi connectivity index (χ0n) is 20.7. The second-order valence-corrected chi connectivity index (χ2v) is 10.1. The van der Waals surface area contributed by atoms with Crippen LogP contribution < -0.4 is 15.1 Å². The minimum atomic E-state index is -5.15. The molecule has 2 aliphatic rings. The molecule has 2 atom stereocenters. The van der Waals surface area contributed by atoms with E-state index < -0.39 is 18.1 Å². The Hall–Kier alpha value is -3.78. The van der Waals surface area contributed by atoms with Crippen LogP contribution in [0.5, 0.6) is 0 Å². The van der Waals surface area contributed by atoms with Gasteiger partial charge in [0.25, 0.3) is 0 Å². The fourth-order valence-electron chi connectivity index (χ4n) is 5.19. The Bertz CT molecular complexity index is 1420. The fraction of sp³-hybridized carbons (Fsp3) is 0.241. The number of rotatable bonds is 3. The van der Waals surface area contributed by atoms with Gasteiger partial charge in [-0.05, 0) is 59.9 Å². The summed E-state index contributed by atoms with van der Waals surface area (Å²) in [7, 11) is 3.70. The van der Waals surface area contributed by atoms with Crippen molar-refractivity contribution >= 4 is 40.4 Å². The summed E-state index contributed by atoms with van der Waals surface area (Å²) in [4.78, 5) is 29.4. The highest BCUT2D eigenvalue weighted by atomic mass is 35.5. The van der Waals surface area contributed by atoms with Crippen LogP contribution in [0, 0.1) is 0 Å². The van der Waals surface area contributed by atoms with Gasteiger partial charge in [0.05, 0.1) is 17.4 Å². The Morgan fingerprint density at radius 1 is 0.947 bits per heavy atom. The average molecular weight is 540 g/mol. The maximum atomic E-state index is 14.0. The van der Waals surface area contributed by atoms with E-state index in [0.717, 1.165) is 16.2 Å². The zero-order chi connectivity index (χ0) is 27.2. The lowest BCUT2D eigenvalue weighted by molar-refractivity contribution is -0.170. The Labute approximate surface area is 223 Å². The van der Waals surface area contributed by atoms with E-state index in [1.165, 1.54) is 6.07 Å². The van der Waals surface area contributed by atoms with Gasteiger partial charge in [0, 0.05) is 42.5 Å². The fourth-order valence-corrected chi connectivity index (χ4v) is 5.32. The van der Waals surface area contributed by atoms with E-state index in [-0.39, 0.29) is 29.4 Å². The number of nitrogens with one attached hydrogen (secondary N) is 1. The van der Waals surface area contributed by atoms with Crippen LogP contribution in [0.1, 0.15) is 35.9 Å². The Morgan fingerprint density at radius 2 is 1.58 bits per heavy atom. The van der Waals surface area contributed by atoms with E-state index in [1.807, 2.05) is 31.1 Å². The highest BCUT2D eigenvalue weighted by Crippen LogP contribution is 2.48. The molecule has 1 aliphatic heterocycles. The van der Waals surface area contributed by atoms with Crippen LogP contribution in [0.4, 0.5) is 30.2 Å². The lowest BCUT2D eigenvalue weighted by atomic mass is 9.78. The van der Waals surface area contributed by atoms with Crippen molar-refractivity contribution in [2.24, 2.45) is 0 Å². The van der Waals surface area contributed by atoms with Gasteiger partial charge in [-0.3, -0.25) is 14.5 Å². The molecule has 3 aromatic rings. The molecule has 1 aliphatic carbocycles. The molecule has 5 nitrogen and oxygen atoms in total. The SMILES string of the molecule is CN(C)c1ccc([C@H]2C3=C(C[C@H](c4ccc(Cl)cc4)CC3=O)Nc3ccccc3N2C(=O)C(F)(F)F)cc1. The number of Topliss-reactive ketones (excluding diaryl/α,β-unsaturated/α-hetero) is 1. The summed E-state index contributed by atoms with van der Waals surface area (Å²) in [5.41, 5.74) is 3.22. The predicted octanol–water partition coefficient (Wildman–Crippen LogP) is 6.87. The number of benzene rings is 3. The number of hydrogen-bond donors (Lipinski definition) is 1. The summed E-state index contributed by atoms with van der Waals surface area (Å²) in [5, 5.41) is 3.80. The van der Waals surface area contributed by atoms with Gasteiger partial charge in [0.15, 0.2) is 5.78 Å². The molecule has 1 heterocycles. The molecule has 0 saturated carbocycles. The molecular weight excluding hydrogens is 515 g/mol. The Balaban J connectivity index is 1.71. The first kappa shape index (κ1) is 25.9. The molecule has 38 heavy (non-hydrogen) atoms. The first-order valence-electron chi connectivity index (χ1n) is 12.1. The number of amides is 1. The van der Waals surface area contributed by atoms with Crippen LogP contribution in [0.2, 0.25) is 5.02 Å². The summed E-state index contributed by atoms with van der Waals surface area (Å²) in [5.74, 6) is -2.54.